The van der Waals surface area contributed by atoms with Crippen LogP contribution in [0.3, 0.4) is 0 Å². The third-order valence-electron chi connectivity index (χ3n) is 5.05. The zero-order valence-electron chi connectivity index (χ0n) is 13.5. The molecule has 0 saturated carbocycles. The minimum atomic E-state index is -0.743. The zero-order chi connectivity index (χ0) is 15.7. The number of aryl methyl sites for hydroxylation is 1. The number of carboxylic acids is 1. The van der Waals surface area contributed by atoms with Gasteiger partial charge in [-0.2, -0.15) is 0 Å². The maximum absolute atomic E-state index is 10.8. The van der Waals surface area contributed by atoms with Crippen molar-refractivity contribution >= 4 is 5.97 Å². The molecule has 22 heavy (non-hydrogen) atoms. The first-order valence-electron chi connectivity index (χ1n) is 8.23. The Morgan fingerprint density at radius 3 is 2.68 bits per heavy atom. The molecular formula is C18H25NO3. The van der Waals surface area contributed by atoms with Crippen LogP contribution in [0.1, 0.15) is 50.2 Å². The van der Waals surface area contributed by atoms with Crippen LogP contribution in [0.2, 0.25) is 0 Å². The zero-order valence-corrected chi connectivity index (χ0v) is 13.5. The van der Waals surface area contributed by atoms with E-state index in [-0.39, 0.29) is 12.1 Å². The molecule has 0 atom stereocenters. The van der Waals surface area contributed by atoms with Gasteiger partial charge in [-0.3, -0.25) is 9.69 Å². The average molecular weight is 303 g/mol. The van der Waals surface area contributed by atoms with Crippen molar-refractivity contribution in [1.29, 1.82) is 0 Å². The Morgan fingerprint density at radius 1 is 1.32 bits per heavy atom. The van der Waals surface area contributed by atoms with Crippen LogP contribution in [0.5, 0.6) is 5.75 Å². The summed E-state index contributed by atoms with van der Waals surface area (Å²) < 4.78 is 6.37. The second kappa shape index (κ2) is 5.92. The molecule has 0 amide bonds. The predicted molar refractivity (Wildman–Crippen MR) is 85.5 cm³/mol. The number of hydrogen-bond acceptors (Lipinski definition) is 3. The van der Waals surface area contributed by atoms with E-state index in [9.17, 15) is 4.79 Å². The molecule has 0 aliphatic carbocycles. The summed E-state index contributed by atoms with van der Waals surface area (Å²) >= 11 is 0. The molecule has 2 heterocycles. The lowest BCUT2D eigenvalue weighted by molar-refractivity contribution is -0.139. The van der Waals surface area contributed by atoms with Gasteiger partial charge in [0.1, 0.15) is 11.4 Å². The van der Waals surface area contributed by atoms with E-state index >= 15 is 0 Å². The smallest absolute Gasteiger partial charge is 0.317 e. The van der Waals surface area contributed by atoms with E-state index in [0.29, 0.717) is 5.92 Å². The Bertz CT molecular complexity index is 559. The number of hydrogen-bond donors (Lipinski definition) is 1. The molecule has 4 nitrogen and oxygen atoms in total. The van der Waals surface area contributed by atoms with E-state index in [0.717, 1.165) is 44.5 Å². The topological polar surface area (TPSA) is 49.8 Å². The van der Waals surface area contributed by atoms with E-state index in [1.165, 1.54) is 11.1 Å². The third-order valence-corrected chi connectivity index (χ3v) is 5.05. The molecule has 1 aromatic rings. The maximum Gasteiger partial charge on any atom is 0.317 e. The summed E-state index contributed by atoms with van der Waals surface area (Å²) in [4.78, 5) is 12.8. The lowest BCUT2D eigenvalue weighted by Crippen LogP contribution is -2.50. The van der Waals surface area contributed by atoms with Crippen molar-refractivity contribution in [3.05, 3.63) is 29.3 Å². The summed E-state index contributed by atoms with van der Waals surface area (Å²) in [7, 11) is 0. The van der Waals surface area contributed by atoms with Gasteiger partial charge in [0.15, 0.2) is 0 Å². The van der Waals surface area contributed by atoms with Crippen LogP contribution in [0.4, 0.5) is 0 Å². The van der Waals surface area contributed by atoms with Crippen LogP contribution in [0.25, 0.3) is 0 Å². The van der Waals surface area contributed by atoms with Gasteiger partial charge >= 0.3 is 5.97 Å². The molecule has 4 heteroatoms. The Labute approximate surface area is 132 Å². The maximum atomic E-state index is 10.8. The molecule has 1 N–H and O–H groups in total. The molecule has 3 rings (SSSR count). The number of benzene rings is 1. The van der Waals surface area contributed by atoms with Crippen LogP contribution in [-0.4, -0.2) is 41.2 Å². The van der Waals surface area contributed by atoms with Gasteiger partial charge in [-0.1, -0.05) is 26.0 Å². The SMILES string of the molecule is CC(C)c1ccc2c(c1)CCC1(CCN(CC(=O)O)CC1)O2. The number of carboxylic acid groups (broad SMARTS) is 1. The fourth-order valence-electron chi connectivity index (χ4n) is 3.56. The monoisotopic (exact) mass is 303 g/mol. The molecule has 120 valence electrons. The van der Waals surface area contributed by atoms with Crippen molar-refractivity contribution in [3.63, 3.8) is 0 Å². The molecule has 2 aliphatic rings. The Kier molecular flexibility index (Phi) is 4.13. The second-order valence-corrected chi connectivity index (χ2v) is 6.98. The number of carbonyl (C=O) groups is 1. The summed E-state index contributed by atoms with van der Waals surface area (Å²) in [5, 5.41) is 8.90. The van der Waals surface area contributed by atoms with Gasteiger partial charge in [-0.15, -0.1) is 0 Å². The van der Waals surface area contributed by atoms with Gasteiger partial charge < -0.3 is 9.84 Å². The molecule has 1 aromatic carbocycles. The summed E-state index contributed by atoms with van der Waals surface area (Å²) in [6.45, 7) is 6.19. The van der Waals surface area contributed by atoms with E-state index in [2.05, 4.69) is 32.0 Å². The van der Waals surface area contributed by atoms with Crippen molar-refractivity contribution in [2.45, 2.75) is 51.0 Å². The number of likely N-dealkylation sites (tertiary alicyclic amines) is 1. The molecule has 1 spiro atoms. The number of piperidine rings is 1. The summed E-state index contributed by atoms with van der Waals surface area (Å²) in [6, 6.07) is 6.57. The molecule has 0 unspecified atom stereocenters. The molecule has 1 saturated heterocycles. The van der Waals surface area contributed by atoms with Crippen LogP contribution in [0, 0.1) is 0 Å². The first-order valence-corrected chi connectivity index (χ1v) is 8.23. The number of aliphatic carboxylic acids is 1. The summed E-state index contributed by atoms with van der Waals surface area (Å²) in [6.07, 6.45) is 3.95. The van der Waals surface area contributed by atoms with Crippen LogP contribution in [-0.2, 0) is 11.2 Å². The predicted octanol–water partition coefficient (Wildman–Crippen LogP) is 3.05. The highest BCUT2D eigenvalue weighted by Crippen LogP contribution is 2.40. The highest BCUT2D eigenvalue weighted by Gasteiger charge is 2.39. The van der Waals surface area contributed by atoms with E-state index in [1.807, 2.05) is 4.90 Å². The van der Waals surface area contributed by atoms with Crippen molar-refractivity contribution in [1.82, 2.24) is 4.90 Å². The van der Waals surface area contributed by atoms with Crippen LogP contribution < -0.4 is 4.74 Å². The lowest BCUT2D eigenvalue weighted by Gasteiger charge is -2.44. The quantitative estimate of drug-likeness (QED) is 0.932. The number of ether oxygens (including phenoxy) is 1. The fraction of sp³-hybridized carbons (Fsp3) is 0.611. The van der Waals surface area contributed by atoms with Crippen LogP contribution >= 0.6 is 0 Å². The first-order chi connectivity index (χ1) is 10.5. The van der Waals surface area contributed by atoms with Gasteiger partial charge in [0.2, 0.25) is 0 Å². The summed E-state index contributed by atoms with van der Waals surface area (Å²) in [5.74, 6) is 0.829. The number of nitrogens with zero attached hydrogens (tertiary/aromatic N) is 1. The Morgan fingerprint density at radius 2 is 2.05 bits per heavy atom. The minimum Gasteiger partial charge on any atom is -0.487 e. The highest BCUT2D eigenvalue weighted by atomic mass is 16.5. The van der Waals surface area contributed by atoms with Gasteiger partial charge in [-0.05, 0) is 48.8 Å². The van der Waals surface area contributed by atoms with Gasteiger partial charge in [0.25, 0.3) is 0 Å². The van der Waals surface area contributed by atoms with Gasteiger partial charge in [0, 0.05) is 13.1 Å². The van der Waals surface area contributed by atoms with Gasteiger partial charge in [-0.25, -0.2) is 0 Å². The number of fused-ring (bicyclic) bond motifs is 1. The third kappa shape index (κ3) is 3.12. The van der Waals surface area contributed by atoms with Crippen LogP contribution in [0.15, 0.2) is 18.2 Å². The van der Waals surface area contributed by atoms with Crippen molar-refractivity contribution in [2.24, 2.45) is 0 Å². The molecule has 0 bridgehead atoms. The summed E-state index contributed by atoms with van der Waals surface area (Å²) in [5.41, 5.74) is 2.61. The van der Waals surface area contributed by atoms with Gasteiger partial charge in [0.05, 0.1) is 6.54 Å². The first kappa shape index (κ1) is 15.3. The number of rotatable bonds is 3. The minimum absolute atomic E-state index is 0.0820. The normalized spacial score (nSPS) is 20.7. The Balaban J connectivity index is 1.68. The molecule has 2 aliphatic heterocycles. The van der Waals surface area contributed by atoms with Crippen molar-refractivity contribution < 1.29 is 14.6 Å². The lowest BCUT2D eigenvalue weighted by atomic mass is 9.82. The second-order valence-electron chi connectivity index (χ2n) is 6.98. The van der Waals surface area contributed by atoms with E-state index in [1.54, 1.807) is 0 Å². The van der Waals surface area contributed by atoms with E-state index in [4.69, 9.17) is 9.84 Å². The average Bonchev–Trinajstić information content (AvgIpc) is 2.49. The molecule has 1 fully saturated rings. The Hall–Kier alpha value is -1.55. The van der Waals surface area contributed by atoms with Crippen molar-refractivity contribution in [2.75, 3.05) is 19.6 Å². The largest absolute Gasteiger partial charge is 0.487 e. The molecular weight excluding hydrogens is 278 g/mol. The van der Waals surface area contributed by atoms with E-state index < -0.39 is 5.97 Å². The molecule has 0 aromatic heterocycles. The fourth-order valence-corrected chi connectivity index (χ4v) is 3.56. The van der Waals surface area contributed by atoms with Crippen molar-refractivity contribution in [3.8, 4) is 5.75 Å². The highest BCUT2D eigenvalue weighted by molar-refractivity contribution is 5.69. The standard InChI is InChI=1S/C18H25NO3/c1-13(2)14-3-4-16-15(11-14)5-6-18(22-16)7-9-19(10-8-18)12-17(20)21/h3-4,11,13H,5-10,12H2,1-2H3,(H,20,21). The molecule has 0 radical (unpaired) electrons.